The van der Waals surface area contributed by atoms with Crippen LogP contribution in [-0.2, 0) is 13.6 Å². The Balaban J connectivity index is 1.60. The number of fused-ring (bicyclic) bond motifs is 1. The lowest BCUT2D eigenvalue weighted by molar-refractivity contribution is 0.313. The largest absolute Gasteiger partial charge is 0.369 e. The zero-order chi connectivity index (χ0) is 23.8. The summed E-state index contributed by atoms with van der Waals surface area (Å²) in [6.07, 6.45) is 1.79. The van der Waals surface area contributed by atoms with Gasteiger partial charge in [-0.15, -0.1) is 0 Å². The highest BCUT2D eigenvalue weighted by Gasteiger charge is 2.22. The minimum Gasteiger partial charge on any atom is -0.369 e. The van der Waals surface area contributed by atoms with Crippen molar-refractivity contribution >= 4 is 28.3 Å². The van der Waals surface area contributed by atoms with E-state index in [0.29, 0.717) is 0 Å². The van der Waals surface area contributed by atoms with Crippen molar-refractivity contribution in [2.45, 2.75) is 6.54 Å². The molecule has 1 saturated heterocycles. The van der Waals surface area contributed by atoms with E-state index in [2.05, 4.69) is 101 Å². The maximum Gasteiger partial charge on any atom is 0.142 e. The number of hydrogen-bond donors (Lipinski definition) is 0. The fraction of sp³-hybridized carbons (Fsp3) is 0.321. The number of piperazine rings is 1. The molecule has 0 atom stereocenters. The van der Waals surface area contributed by atoms with E-state index in [1.165, 1.54) is 16.8 Å². The third kappa shape index (κ3) is 4.31. The maximum absolute atomic E-state index is 6.75. The summed E-state index contributed by atoms with van der Waals surface area (Å²) in [4.78, 5) is 11.7. The molecule has 2 aromatic heterocycles. The highest BCUT2D eigenvalue weighted by molar-refractivity contribution is 6.37. The van der Waals surface area contributed by atoms with Crippen molar-refractivity contribution in [1.82, 2.24) is 19.4 Å². The van der Waals surface area contributed by atoms with Crippen LogP contribution in [-0.4, -0.2) is 66.7 Å². The van der Waals surface area contributed by atoms with Crippen LogP contribution in [0.4, 0.5) is 5.69 Å². The summed E-state index contributed by atoms with van der Waals surface area (Å²) in [5.74, 6) is 0. The number of aryl methyl sites for hydroxylation is 1. The molecule has 0 aliphatic carbocycles. The van der Waals surface area contributed by atoms with Crippen LogP contribution in [0.2, 0.25) is 5.02 Å². The summed E-state index contributed by atoms with van der Waals surface area (Å²) in [5.41, 5.74) is 8.07. The molecule has 0 saturated carbocycles. The van der Waals surface area contributed by atoms with Crippen molar-refractivity contribution in [3.63, 3.8) is 0 Å². The summed E-state index contributed by atoms with van der Waals surface area (Å²) >= 11 is 6.75. The van der Waals surface area contributed by atoms with E-state index in [0.717, 1.165) is 65.6 Å². The standard InChI is InChI=1S/C28H32ClN5/c1-31(2)19-20-5-7-21(8-6-20)25-26-24(29)13-14-30-28(26)33(4)27(25)22-9-11-23(12-10-22)34-17-15-32(3)16-18-34/h5-14H,15-19H2,1-4H3. The molecule has 0 radical (unpaired) electrons. The number of halogens is 1. The second-order valence-electron chi connectivity index (χ2n) is 9.55. The van der Waals surface area contributed by atoms with Crippen LogP contribution in [0.25, 0.3) is 33.4 Å². The lowest BCUT2D eigenvalue weighted by atomic mass is 9.97. The number of anilines is 1. The van der Waals surface area contributed by atoms with Crippen LogP contribution in [0.3, 0.4) is 0 Å². The van der Waals surface area contributed by atoms with Gasteiger partial charge in [-0.05, 0) is 56.0 Å². The van der Waals surface area contributed by atoms with Gasteiger partial charge in [0.2, 0.25) is 0 Å². The van der Waals surface area contributed by atoms with Crippen LogP contribution in [0.1, 0.15) is 5.56 Å². The average Bonchev–Trinajstić information content (AvgIpc) is 3.13. The molecule has 176 valence electrons. The Morgan fingerprint density at radius 1 is 0.853 bits per heavy atom. The summed E-state index contributed by atoms with van der Waals surface area (Å²) in [6, 6.07) is 19.7. The number of rotatable bonds is 5. The maximum atomic E-state index is 6.75. The first kappa shape index (κ1) is 22.9. The quantitative estimate of drug-likeness (QED) is 0.389. The Morgan fingerprint density at radius 3 is 2.15 bits per heavy atom. The molecule has 5 rings (SSSR count). The van der Waals surface area contributed by atoms with E-state index in [-0.39, 0.29) is 0 Å². The predicted molar refractivity (Wildman–Crippen MR) is 144 cm³/mol. The fourth-order valence-corrected chi connectivity index (χ4v) is 5.20. The van der Waals surface area contributed by atoms with Crippen molar-refractivity contribution in [3.8, 4) is 22.4 Å². The molecular formula is C28H32ClN5. The van der Waals surface area contributed by atoms with Gasteiger partial charge in [-0.3, -0.25) is 0 Å². The molecule has 2 aromatic carbocycles. The Hall–Kier alpha value is -2.86. The molecule has 4 aromatic rings. The molecule has 0 amide bonds. The molecule has 0 N–H and O–H groups in total. The molecule has 1 fully saturated rings. The van der Waals surface area contributed by atoms with Gasteiger partial charge in [0.05, 0.1) is 10.7 Å². The van der Waals surface area contributed by atoms with Gasteiger partial charge in [-0.25, -0.2) is 4.98 Å². The van der Waals surface area contributed by atoms with Gasteiger partial charge in [0.15, 0.2) is 0 Å². The predicted octanol–water partition coefficient (Wildman–Crippen LogP) is 5.37. The molecule has 0 spiro atoms. The van der Waals surface area contributed by atoms with Gasteiger partial charge in [-0.2, -0.15) is 0 Å². The van der Waals surface area contributed by atoms with E-state index in [4.69, 9.17) is 11.6 Å². The van der Waals surface area contributed by atoms with E-state index in [1.807, 2.05) is 6.07 Å². The molecule has 5 nitrogen and oxygen atoms in total. The van der Waals surface area contributed by atoms with E-state index < -0.39 is 0 Å². The Labute approximate surface area is 207 Å². The number of nitrogens with zero attached hydrogens (tertiary/aromatic N) is 5. The van der Waals surface area contributed by atoms with Crippen LogP contribution < -0.4 is 4.90 Å². The van der Waals surface area contributed by atoms with Crippen molar-refractivity contribution < 1.29 is 0 Å². The van der Waals surface area contributed by atoms with Crippen LogP contribution in [0.15, 0.2) is 60.8 Å². The first-order chi connectivity index (χ1) is 16.4. The molecule has 1 aliphatic rings. The van der Waals surface area contributed by atoms with Crippen molar-refractivity contribution in [2.75, 3.05) is 52.2 Å². The molecule has 3 heterocycles. The van der Waals surface area contributed by atoms with Gasteiger partial charge in [0.1, 0.15) is 5.65 Å². The van der Waals surface area contributed by atoms with Gasteiger partial charge in [0, 0.05) is 62.6 Å². The number of likely N-dealkylation sites (N-methyl/N-ethyl adjacent to an activating group) is 1. The van der Waals surface area contributed by atoms with E-state index in [1.54, 1.807) is 6.20 Å². The second kappa shape index (κ2) is 9.41. The van der Waals surface area contributed by atoms with Crippen molar-refractivity contribution in [1.29, 1.82) is 0 Å². The van der Waals surface area contributed by atoms with Crippen molar-refractivity contribution in [2.24, 2.45) is 7.05 Å². The number of pyridine rings is 1. The SMILES string of the molecule is CN(C)Cc1ccc(-c2c(-c3ccc(N4CCN(C)CC4)cc3)n(C)c3nccc(Cl)c23)cc1. The number of hydrogen-bond acceptors (Lipinski definition) is 4. The normalized spacial score (nSPS) is 14.9. The zero-order valence-corrected chi connectivity index (χ0v) is 21.2. The van der Waals surface area contributed by atoms with Gasteiger partial charge < -0.3 is 19.3 Å². The molecule has 0 unspecified atom stereocenters. The average molecular weight is 474 g/mol. The molecule has 0 bridgehead atoms. The topological polar surface area (TPSA) is 27.5 Å². The number of benzene rings is 2. The van der Waals surface area contributed by atoms with Gasteiger partial charge in [0.25, 0.3) is 0 Å². The molecule has 34 heavy (non-hydrogen) atoms. The lowest BCUT2D eigenvalue weighted by Gasteiger charge is -2.34. The molecule has 6 heteroatoms. The highest BCUT2D eigenvalue weighted by Crippen LogP contribution is 2.42. The Morgan fingerprint density at radius 2 is 1.50 bits per heavy atom. The zero-order valence-electron chi connectivity index (χ0n) is 20.4. The Kier molecular flexibility index (Phi) is 6.34. The third-order valence-corrected chi connectivity index (χ3v) is 7.09. The second-order valence-corrected chi connectivity index (χ2v) is 9.95. The lowest BCUT2D eigenvalue weighted by Crippen LogP contribution is -2.44. The molecule has 1 aliphatic heterocycles. The summed E-state index contributed by atoms with van der Waals surface area (Å²) in [6.45, 7) is 5.24. The summed E-state index contributed by atoms with van der Waals surface area (Å²) in [7, 11) is 8.45. The Bertz CT molecular complexity index is 1280. The van der Waals surface area contributed by atoms with Crippen LogP contribution in [0.5, 0.6) is 0 Å². The first-order valence-corrected chi connectivity index (χ1v) is 12.2. The summed E-state index contributed by atoms with van der Waals surface area (Å²) in [5, 5.41) is 1.73. The fourth-order valence-electron chi connectivity index (χ4n) is 4.96. The van der Waals surface area contributed by atoms with Crippen LogP contribution in [0, 0.1) is 0 Å². The first-order valence-electron chi connectivity index (χ1n) is 11.8. The molecular weight excluding hydrogens is 442 g/mol. The number of aromatic nitrogens is 2. The minimum atomic E-state index is 0.730. The van der Waals surface area contributed by atoms with E-state index >= 15 is 0 Å². The van der Waals surface area contributed by atoms with Crippen LogP contribution >= 0.6 is 11.6 Å². The van der Waals surface area contributed by atoms with Gasteiger partial charge >= 0.3 is 0 Å². The summed E-state index contributed by atoms with van der Waals surface area (Å²) < 4.78 is 2.18. The third-order valence-electron chi connectivity index (χ3n) is 6.77. The van der Waals surface area contributed by atoms with E-state index in [9.17, 15) is 0 Å². The highest BCUT2D eigenvalue weighted by atomic mass is 35.5. The minimum absolute atomic E-state index is 0.730. The monoisotopic (exact) mass is 473 g/mol. The smallest absolute Gasteiger partial charge is 0.142 e. The van der Waals surface area contributed by atoms with Crippen molar-refractivity contribution in [3.05, 3.63) is 71.4 Å². The van der Waals surface area contributed by atoms with Gasteiger partial charge in [-0.1, -0.05) is 48.0 Å².